The third-order valence-corrected chi connectivity index (χ3v) is 4.27. The van der Waals surface area contributed by atoms with E-state index in [1.165, 1.54) is 11.8 Å². The Kier molecular flexibility index (Phi) is 2.80. The number of carbonyl (C=O) groups is 1. The molecule has 0 radical (unpaired) electrons. The van der Waals surface area contributed by atoms with Gasteiger partial charge >= 0.3 is 5.97 Å². The molecule has 0 aliphatic heterocycles. The van der Waals surface area contributed by atoms with E-state index in [-0.39, 0.29) is 5.97 Å². The number of carbonyl (C=O) groups excluding carboxylic acids is 1. The molecule has 0 amide bonds. The summed E-state index contributed by atoms with van der Waals surface area (Å²) < 4.78 is 6.06. The maximum absolute atomic E-state index is 11.1. The highest BCUT2D eigenvalue weighted by Crippen LogP contribution is 2.39. The Hall–Kier alpha value is -1.46. The van der Waals surface area contributed by atoms with Crippen molar-refractivity contribution in [2.24, 2.45) is 0 Å². The van der Waals surface area contributed by atoms with Crippen molar-refractivity contribution in [1.29, 1.82) is 0 Å². The molecule has 18 heavy (non-hydrogen) atoms. The number of hydrogen-bond donors (Lipinski definition) is 1. The number of aromatic amines is 1. The average molecular weight is 277 g/mol. The van der Waals surface area contributed by atoms with Crippen LogP contribution >= 0.6 is 23.6 Å². The number of fused-ring (bicyclic) bond motifs is 3. The van der Waals surface area contributed by atoms with E-state index >= 15 is 0 Å². The van der Waals surface area contributed by atoms with Crippen LogP contribution in [-0.2, 0) is 17.6 Å². The largest absolute Gasteiger partial charge is 0.426 e. The van der Waals surface area contributed by atoms with Crippen molar-refractivity contribution in [3.63, 3.8) is 0 Å². The number of esters is 1. The van der Waals surface area contributed by atoms with Gasteiger partial charge in [-0.15, -0.1) is 11.3 Å². The van der Waals surface area contributed by atoms with Gasteiger partial charge in [0.25, 0.3) is 0 Å². The second-order valence-corrected chi connectivity index (χ2v) is 5.96. The topological polar surface area (TPSA) is 42.1 Å². The number of rotatable bonds is 1. The van der Waals surface area contributed by atoms with Crippen molar-refractivity contribution >= 4 is 29.5 Å². The zero-order valence-corrected chi connectivity index (χ0v) is 11.4. The Morgan fingerprint density at radius 2 is 2.28 bits per heavy atom. The van der Waals surface area contributed by atoms with Crippen molar-refractivity contribution < 1.29 is 9.53 Å². The fraction of sp³-hybridized carbons (Fsp3) is 0.231. The van der Waals surface area contributed by atoms with Gasteiger partial charge in [-0.25, -0.2) is 0 Å². The number of nitrogens with one attached hydrogen (secondary N) is 1. The number of aromatic nitrogens is 1. The van der Waals surface area contributed by atoms with Gasteiger partial charge in [-0.3, -0.25) is 4.79 Å². The van der Waals surface area contributed by atoms with E-state index in [1.54, 1.807) is 11.3 Å². The normalized spacial score (nSPS) is 12.7. The van der Waals surface area contributed by atoms with Crippen LogP contribution in [0.15, 0.2) is 18.2 Å². The van der Waals surface area contributed by atoms with E-state index in [9.17, 15) is 4.79 Å². The van der Waals surface area contributed by atoms with Gasteiger partial charge in [-0.05, 0) is 31.1 Å². The summed E-state index contributed by atoms with van der Waals surface area (Å²) in [4.78, 5) is 15.6. The van der Waals surface area contributed by atoms with E-state index < -0.39 is 0 Å². The lowest BCUT2D eigenvalue weighted by Crippen LogP contribution is -2.08. The predicted molar refractivity (Wildman–Crippen MR) is 73.7 cm³/mol. The molecule has 0 saturated heterocycles. The van der Waals surface area contributed by atoms with Gasteiger partial charge in [0.15, 0.2) is 3.95 Å². The molecule has 3 nitrogen and oxygen atoms in total. The fourth-order valence-electron chi connectivity index (χ4n) is 2.30. The molecule has 0 fully saturated rings. The van der Waals surface area contributed by atoms with Gasteiger partial charge in [-0.2, -0.15) is 0 Å². The van der Waals surface area contributed by atoms with Gasteiger partial charge in [0.2, 0.25) is 0 Å². The van der Waals surface area contributed by atoms with Gasteiger partial charge in [0, 0.05) is 22.9 Å². The van der Waals surface area contributed by atoms with Crippen LogP contribution < -0.4 is 4.74 Å². The SMILES string of the molecule is CC(=O)Oc1cccc2c1CCc1sc(=S)[nH]c1-2. The van der Waals surface area contributed by atoms with E-state index in [1.807, 2.05) is 18.2 Å². The van der Waals surface area contributed by atoms with Gasteiger partial charge < -0.3 is 9.72 Å². The standard InChI is InChI=1S/C13H11NO2S2/c1-7(15)16-10-4-2-3-9-8(10)5-6-11-12(9)14-13(17)18-11/h2-4H,5-6H2,1H3,(H,14,17). The summed E-state index contributed by atoms with van der Waals surface area (Å²) in [6.07, 6.45) is 1.83. The predicted octanol–water partition coefficient (Wildman–Crippen LogP) is 3.50. The summed E-state index contributed by atoms with van der Waals surface area (Å²) in [5.74, 6) is 0.378. The Bertz CT molecular complexity index is 685. The minimum Gasteiger partial charge on any atom is -0.426 e. The minimum absolute atomic E-state index is 0.285. The summed E-state index contributed by atoms with van der Waals surface area (Å²) in [5.41, 5.74) is 3.27. The van der Waals surface area contributed by atoms with Gasteiger partial charge in [0.1, 0.15) is 5.75 Å². The summed E-state index contributed by atoms with van der Waals surface area (Å²) in [6, 6.07) is 5.78. The van der Waals surface area contributed by atoms with E-state index in [0.717, 1.165) is 33.6 Å². The Morgan fingerprint density at radius 1 is 1.44 bits per heavy atom. The van der Waals surface area contributed by atoms with Crippen molar-refractivity contribution in [3.05, 3.63) is 32.6 Å². The zero-order valence-electron chi connectivity index (χ0n) is 9.78. The smallest absolute Gasteiger partial charge is 0.308 e. The van der Waals surface area contributed by atoms with Crippen molar-refractivity contribution in [1.82, 2.24) is 4.98 Å². The molecule has 0 atom stereocenters. The van der Waals surface area contributed by atoms with Crippen LogP contribution in [0.3, 0.4) is 0 Å². The number of aryl methyl sites for hydroxylation is 1. The summed E-state index contributed by atoms with van der Waals surface area (Å²) in [7, 11) is 0. The molecule has 1 aliphatic rings. The van der Waals surface area contributed by atoms with Gasteiger partial charge in [0.05, 0.1) is 5.69 Å². The van der Waals surface area contributed by atoms with Crippen LogP contribution in [-0.4, -0.2) is 11.0 Å². The molecule has 0 spiro atoms. The highest BCUT2D eigenvalue weighted by molar-refractivity contribution is 7.73. The monoisotopic (exact) mass is 277 g/mol. The molecule has 0 saturated carbocycles. The first-order chi connectivity index (χ1) is 8.65. The lowest BCUT2D eigenvalue weighted by molar-refractivity contribution is -0.131. The van der Waals surface area contributed by atoms with Crippen LogP contribution in [0.25, 0.3) is 11.3 Å². The summed E-state index contributed by atoms with van der Waals surface area (Å²) >= 11 is 6.82. The molecule has 3 rings (SSSR count). The molecule has 1 aliphatic carbocycles. The van der Waals surface area contributed by atoms with E-state index in [2.05, 4.69) is 4.98 Å². The van der Waals surface area contributed by atoms with E-state index in [4.69, 9.17) is 17.0 Å². The first kappa shape index (κ1) is 11.6. The minimum atomic E-state index is -0.285. The number of H-pyrrole nitrogens is 1. The van der Waals surface area contributed by atoms with Crippen molar-refractivity contribution in [2.75, 3.05) is 0 Å². The maximum Gasteiger partial charge on any atom is 0.308 e. The van der Waals surface area contributed by atoms with Crippen molar-refractivity contribution in [3.8, 4) is 17.0 Å². The molecule has 92 valence electrons. The highest BCUT2D eigenvalue weighted by atomic mass is 32.1. The molecule has 0 bridgehead atoms. The molecular formula is C13H11NO2S2. The lowest BCUT2D eigenvalue weighted by atomic mass is 9.93. The summed E-state index contributed by atoms with van der Waals surface area (Å²) in [5, 5.41) is 0. The van der Waals surface area contributed by atoms with Crippen LogP contribution in [0.4, 0.5) is 0 Å². The Morgan fingerprint density at radius 3 is 3.06 bits per heavy atom. The fourth-order valence-corrected chi connectivity index (χ4v) is 3.55. The number of benzene rings is 1. The zero-order chi connectivity index (χ0) is 12.7. The number of ether oxygens (including phenoxy) is 1. The summed E-state index contributed by atoms with van der Waals surface area (Å²) in [6.45, 7) is 1.42. The van der Waals surface area contributed by atoms with Crippen LogP contribution in [0.5, 0.6) is 5.75 Å². The molecule has 1 heterocycles. The van der Waals surface area contributed by atoms with E-state index in [0.29, 0.717) is 5.75 Å². The van der Waals surface area contributed by atoms with Crippen LogP contribution in [0.1, 0.15) is 17.4 Å². The van der Waals surface area contributed by atoms with Crippen molar-refractivity contribution in [2.45, 2.75) is 19.8 Å². The van der Waals surface area contributed by atoms with Crippen LogP contribution in [0, 0.1) is 3.95 Å². The molecule has 5 heteroatoms. The quantitative estimate of drug-likeness (QED) is 0.493. The molecule has 1 aromatic heterocycles. The second-order valence-electron chi connectivity index (χ2n) is 4.19. The molecular weight excluding hydrogens is 266 g/mol. The number of thiazole rings is 1. The Balaban J connectivity index is 2.17. The molecule has 1 N–H and O–H groups in total. The first-order valence-corrected chi connectivity index (χ1v) is 6.90. The molecule has 1 aromatic carbocycles. The first-order valence-electron chi connectivity index (χ1n) is 5.68. The average Bonchev–Trinajstić information content (AvgIpc) is 2.69. The maximum atomic E-state index is 11.1. The molecule has 2 aromatic rings. The van der Waals surface area contributed by atoms with Crippen LogP contribution in [0.2, 0.25) is 0 Å². The highest BCUT2D eigenvalue weighted by Gasteiger charge is 2.21. The number of hydrogen-bond acceptors (Lipinski definition) is 4. The second kappa shape index (κ2) is 4.33. The van der Waals surface area contributed by atoms with Gasteiger partial charge in [-0.1, -0.05) is 12.1 Å². The third kappa shape index (κ3) is 1.89. The third-order valence-electron chi connectivity index (χ3n) is 2.98. The lowest BCUT2D eigenvalue weighted by Gasteiger charge is -2.18. The molecule has 0 unspecified atom stereocenters. The Labute approximate surface area is 113 Å².